The molecule has 2 N–H and O–H groups in total. The molecule has 1 heterocycles. The predicted octanol–water partition coefficient (Wildman–Crippen LogP) is 0.211. The molecule has 0 aromatic rings. The van der Waals surface area contributed by atoms with Gasteiger partial charge in [-0.2, -0.15) is 0 Å². The van der Waals surface area contributed by atoms with Crippen molar-refractivity contribution >= 4 is 5.97 Å². The molecule has 3 heteroatoms. The highest BCUT2D eigenvalue weighted by Crippen LogP contribution is 2.34. The Morgan fingerprint density at radius 3 is 2.60 bits per heavy atom. The number of carboxylic acids is 1. The standard InChI is InChI=1S/C7H11NO2/c9-7(10)6-4-1-2-5(3-4)8-6/h4-6,8H,1-3H2,(H,9,10)/t4?,5-,6?/m1/s1. The van der Waals surface area contributed by atoms with Crippen molar-refractivity contribution in [3.63, 3.8) is 0 Å². The molecule has 3 nitrogen and oxygen atoms in total. The molecule has 1 saturated carbocycles. The zero-order valence-electron chi connectivity index (χ0n) is 5.71. The van der Waals surface area contributed by atoms with Gasteiger partial charge in [-0.25, -0.2) is 0 Å². The van der Waals surface area contributed by atoms with Crippen LogP contribution in [0.25, 0.3) is 0 Å². The Bertz CT molecular complexity index is 169. The molecule has 0 spiro atoms. The van der Waals surface area contributed by atoms with E-state index < -0.39 is 5.97 Å². The van der Waals surface area contributed by atoms with Gasteiger partial charge in [0.2, 0.25) is 0 Å². The van der Waals surface area contributed by atoms with Gasteiger partial charge >= 0.3 is 5.97 Å². The third-order valence-corrected chi connectivity index (χ3v) is 2.63. The van der Waals surface area contributed by atoms with Crippen LogP contribution < -0.4 is 5.32 Å². The SMILES string of the molecule is O=C(O)C1N[C@@H]2CCC1C2. The maximum atomic E-state index is 10.5. The maximum Gasteiger partial charge on any atom is 0.320 e. The van der Waals surface area contributed by atoms with Crippen molar-refractivity contribution < 1.29 is 9.90 Å². The quantitative estimate of drug-likeness (QED) is 0.549. The molecule has 2 unspecified atom stereocenters. The number of carbonyl (C=O) groups is 1. The van der Waals surface area contributed by atoms with E-state index in [1.807, 2.05) is 0 Å². The summed E-state index contributed by atoms with van der Waals surface area (Å²) >= 11 is 0. The van der Waals surface area contributed by atoms with Crippen molar-refractivity contribution in [1.29, 1.82) is 0 Å². The largest absolute Gasteiger partial charge is 0.480 e. The minimum atomic E-state index is -0.674. The van der Waals surface area contributed by atoms with Crippen LogP contribution in [0.15, 0.2) is 0 Å². The van der Waals surface area contributed by atoms with Crippen LogP contribution in [0, 0.1) is 5.92 Å². The molecule has 1 saturated heterocycles. The minimum absolute atomic E-state index is 0.237. The molecule has 2 aliphatic rings. The average molecular weight is 141 g/mol. The number of piperidine rings is 1. The summed E-state index contributed by atoms with van der Waals surface area (Å²) in [6, 6.07) is 0.268. The second kappa shape index (κ2) is 1.95. The van der Waals surface area contributed by atoms with Crippen LogP contribution in [0.2, 0.25) is 0 Å². The molecule has 1 aliphatic heterocycles. The topological polar surface area (TPSA) is 49.3 Å². The molecule has 2 bridgehead atoms. The Morgan fingerprint density at radius 2 is 2.30 bits per heavy atom. The molecule has 0 radical (unpaired) electrons. The van der Waals surface area contributed by atoms with E-state index in [1.165, 1.54) is 6.42 Å². The lowest BCUT2D eigenvalue weighted by Gasteiger charge is -2.18. The Labute approximate surface area is 59.4 Å². The summed E-state index contributed by atoms with van der Waals surface area (Å²) < 4.78 is 0. The number of fused-ring (bicyclic) bond motifs is 2. The number of aliphatic carboxylic acids is 1. The minimum Gasteiger partial charge on any atom is -0.480 e. The molecule has 1 aliphatic carbocycles. The van der Waals surface area contributed by atoms with Crippen LogP contribution >= 0.6 is 0 Å². The van der Waals surface area contributed by atoms with Gasteiger partial charge < -0.3 is 10.4 Å². The summed E-state index contributed by atoms with van der Waals surface area (Å²) in [5, 5.41) is 11.8. The van der Waals surface area contributed by atoms with Gasteiger partial charge in [-0.15, -0.1) is 0 Å². The molecule has 2 rings (SSSR count). The lowest BCUT2D eigenvalue weighted by Crippen LogP contribution is -2.41. The van der Waals surface area contributed by atoms with Crippen LogP contribution in [-0.2, 0) is 4.79 Å². The first-order chi connectivity index (χ1) is 4.77. The van der Waals surface area contributed by atoms with Crippen LogP contribution in [0.1, 0.15) is 19.3 Å². The fraction of sp³-hybridized carbons (Fsp3) is 0.857. The fourth-order valence-electron chi connectivity index (χ4n) is 2.13. The van der Waals surface area contributed by atoms with Crippen LogP contribution in [0.5, 0.6) is 0 Å². The molecule has 0 amide bonds. The van der Waals surface area contributed by atoms with Crippen LogP contribution in [0.4, 0.5) is 0 Å². The van der Waals surface area contributed by atoms with Gasteiger partial charge in [0.1, 0.15) is 6.04 Å². The zero-order chi connectivity index (χ0) is 7.14. The van der Waals surface area contributed by atoms with Crippen molar-refractivity contribution in [2.45, 2.75) is 31.3 Å². The van der Waals surface area contributed by atoms with Gasteiger partial charge in [-0.1, -0.05) is 0 Å². The molecular formula is C7H11NO2. The molecule has 3 atom stereocenters. The van der Waals surface area contributed by atoms with Gasteiger partial charge in [0.25, 0.3) is 0 Å². The normalized spacial score (nSPS) is 44.2. The van der Waals surface area contributed by atoms with E-state index in [2.05, 4.69) is 5.32 Å². The summed E-state index contributed by atoms with van der Waals surface area (Å²) in [7, 11) is 0. The smallest absolute Gasteiger partial charge is 0.320 e. The molecular weight excluding hydrogens is 130 g/mol. The Morgan fingerprint density at radius 1 is 1.50 bits per heavy atom. The van der Waals surface area contributed by atoms with E-state index in [9.17, 15) is 4.79 Å². The Balaban J connectivity index is 2.08. The second-order valence-electron chi connectivity index (χ2n) is 3.25. The number of hydrogen-bond donors (Lipinski definition) is 2. The van der Waals surface area contributed by atoms with Crippen molar-refractivity contribution in [3.8, 4) is 0 Å². The summed E-state index contributed by atoms with van der Waals surface area (Å²) in [6.07, 6.45) is 3.36. The van der Waals surface area contributed by atoms with E-state index in [-0.39, 0.29) is 6.04 Å². The van der Waals surface area contributed by atoms with E-state index in [1.54, 1.807) is 0 Å². The highest BCUT2D eigenvalue weighted by atomic mass is 16.4. The van der Waals surface area contributed by atoms with Crippen molar-refractivity contribution in [2.24, 2.45) is 5.92 Å². The van der Waals surface area contributed by atoms with Crippen LogP contribution in [-0.4, -0.2) is 23.2 Å². The summed E-state index contributed by atoms with van der Waals surface area (Å²) in [6.45, 7) is 0. The van der Waals surface area contributed by atoms with E-state index in [0.29, 0.717) is 12.0 Å². The van der Waals surface area contributed by atoms with Crippen LogP contribution in [0.3, 0.4) is 0 Å². The summed E-state index contributed by atoms with van der Waals surface area (Å²) in [5.41, 5.74) is 0. The first-order valence-electron chi connectivity index (χ1n) is 3.76. The lowest BCUT2D eigenvalue weighted by molar-refractivity contribution is -0.140. The van der Waals surface area contributed by atoms with Gasteiger partial charge in [0.05, 0.1) is 0 Å². The predicted molar refractivity (Wildman–Crippen MR) is 35.7 cm³/mol. The Hall–Kier alpha value is -0.570. The molecule has 0 aromatic carbocycles. The van der Waals surface area contributed by atoms with E-state index in [4.69, 9.17) is 5.11 Å². The van der Waals surface area contributed by atoms with E-state index in [0.717, 1.165) is 12.8 Å². The van der Waals surface area contributed by atoms with Crippen molar-refractivity contribution in [2.75, 3.05) is 0 Å². The second-order valence-corrected chi connectivity index (χ2v) is 3.25. The third-order valence-electron chi connectivity index (χ3n) is 2.63. The van der Waals surface area contributed by atoms with Gasteiger partial charge in [0, 0.05) is 6.04 Å². The van der Waals surface area contributed by atoms with E-state index >= 15 is 0 Å². The fourth-order valence-corrected chi connectivity index (χ4v) is 2.13. The molecule has 56 valence electrons. The zero-order valence-corrected chi connectivity index (χ0v) is 5.71. The average Bonchev–Trinajstić information content (AvgIpc) is 2.44. The molecule has 2 fully saturated rings. The lowest BCUT2D eigenvalue weighted by atomic mass is 10.0. The number of carboxylic acid groups (broad SMARTS) is 1. The van der Waals surface area contributed by atoms with Crippen molar-refractivity contribution in [1.82, 2.24) is 5.32 Å². The third kappa shape index (κ3) is 0.736. The number of nitrogens with one attached hydrogen (secondary N) is 1. The first-order valence-corrected chi connectivity index (χ1v) is 3.76. The van der Waals surface area contributed by atoms with Gasteiger partial charge in [-0.3, -0.25) is 4.79 Å². The van der Waals surface area contributed by atoms with Gasteiger partial charge in [-0.05, 0) is 25.2 Å². The highest BCUT2D eigenvalue weighted by Gasteiger charge is 2.42. The number of hydrogen-bond acceptors (Lipinski definition) is 2. The Kier molecular flexibility index (Phi) is 1.20. The van der Waals surface area contributed by atoms with Gasteiger partial charge in [0.15, 0.2) is 0 Å². The molecule has 0 aromatic heterocycles. The first kappa shape index (κ1) is 6.16. The summed E-state index contributed by atoms with van der Waals surface area (Å²) in [4.78, 5) is 10.5. The van der Waals surface area contributed by atoms with Crippen molar-refractivity contribution in [3.05, 3.63) is 0 Å². The molecule has 10 heavy (non-hydrogen) atoms. The maximum absolute atomic E-state index is 10.5. The number of rotatable bonds is 1. The summed E-state index contributed by atoms with van der Waals surface area (Å²) in [5.74, 6) is -0.255. The highest BCUT2D eigenvalue weighted by molar-refractivity contribution is 5.74. The monoisotopic (exact) mass is 141 g/mol.